The molecule has 1 saturated heterocycles. The third kappa shape index (κ3) is 4.60. The molecule has 0 aliphatic carbocycles. The number of hydrogen-bond acceptors (Lipinski definition) is 5. The van der Waals surface area contributed by atoms with E-state index >= 15 is 0 Å². The van der Waals surface area contributed by atoms with Crippen LogP contribution in [-0.4, -0.2) is 31.1 Å². The van der Waals surface area contributed by atoms with Crippen molar-refractivity contribution in [2.45, 2.75) is 20.8 Å². The van der Waals surface area contributed by atoms with Gasteiger partial charge in [0.2, 0.25) is 0 Å². The molecule has 2 aromatic rings. The van der Waals surface area contributed by atoms with Gasteiger partial charge < -0.3 is 9.47 Å². The van der Waals surface area contributed by atoms with Crippen LogP contribution in [0, 0.1) is 13.8 Å². The summed E-state index contributed by atoms with van der Waals surface area (Å²) in [5.41, 5.74) is 2.48. The molecule has 7 nitrogen and oxygen atoms in total. The minimum Gasteiger partial charge on any atom is -0.490 e. The monoisotopic (exact) mass is 498 g/mol. The SMILES string of the molecule is C=CCOc1c(Br)cc(/C=C2\C(=O)NC(=O)N(c3cccc(C)c3C)C2=O)cc1OCC. The number of ether oxygens (including phenoxy) is 2. The summed E-state index contributed by atoms with van der Waals surface area (Å²) in [6.07, 6.45) is 3.04. The van der Waals surface area contributed by atoms with Crippen molar-refractivity contribution in [2.24, 2.45) is 0 Å². The van der Waals surface area contributed by atoms with Crippen molar-refractivity contribution < 1.29 is 23.9 Å². The van der Waals surface area contributed by atoms with Crippen LogP contribution in [0.3, 0.4) is 0 Å². The molecule has 32 heavy (non-hydrogen) atoms. The van der Waals surface area contributed by atoms with Crippen LogP contribution >= 0.6 is 15.9 Å². The molecule has 0 saturated carbocycles. The Morgan fingerprint density at radius 1 is 1.16 bits per heavy atom. The van der Waals surface area contributed by atoms with E-state index in [1.165, 1.54) is 6.08 Å². The third-order valence-electron chi connectivity index (χ3n) is 4.91. The Morgan fingerprint density at radius 3 is 2.59 bits per heavy atom. The first-order chi connectivity index (χ1) is 15.3. The Labute approximate surface area is 194 Å². The normalized spacial score (nSPS) is 15.1. The second-order valence-electron chi connectivity index (χ2n) is 7.04. The van der Waals surface area contributed by atoms with Crippen molar-refractivity contribution in [1.29, 1.82) is 0 Å². The molecule has 0 radical (unpaired) electrons. The summed E-state index contributed by atoms with van der Waals surface area (Å²) < 4.78 is 11.9. The predicted octanol–water partition coefficient (Wildman–Crippen LogP) is 4.70. The molecule has 1 N–H and O–H groups in total. The maximum atomic E-state index is 13.2. The molecule has 166 valence electrons. The van der Waals surface area contributed by atoms with E-state index in [1.807, 2.05) is 26.8 Å². The number of nitrogens with one attached hydrogen (secondary N) is 1. The molecule has 1 fully saturated rings. The fourth-order valence-corrected chi connectivity index (χ4v) is 3.81. The van der Waals surface area contributed by atoms with Gasteiger partial charge in [0.15, 0.2) is 11.5 Å². The van der Waals surface area contributed by atoms with Crippen molar-refractivity contribution in [3.05, 3.63) is 69.7 Å². The van der Waals surface area contributed by atoms with Gasteiger partial charge in [0.05, 0.1) is 16.8 Å². The Balaban J connectivity index is 2.06. The van der Waals surface area contributed by atoms with Crippen LogP contribution in [0.2, 0.25) is 0 Å². The summed E-state index contributed by atoms with van der Waals surface area (Å²) in [4.78, 5) is 39.2. The lowest BCUT2D eigenvalue weighted by molar-refractivity contribution is -0.122. The Morgan fingerprint density at radius 2 is 1.91 bits per heavy atom. The molecule has 0 bridgehead atoms. The van der Waals surface area contributed by atoms with Crippen LogP contribution in [0.15, 0.2) is 53.0 Å². The quantitative estimate of drug-likeness (QED) is 0.339. The lowest BCUT2D eigenvalue weighted by Gasteiger charge is -2.28. The molecular weight excluding hydrogens is 476 g/mol. The number of halogens is 1. The second-order valence-corrected chi connectivity index (χ2v) is 7.89. The highest BCUT2D eigenvalue weighted by Gasteiger charge is 2.37. The van der Waals surface area contributed by atoms with E-state index in [-0.39, 0.29) is 12.2 Å². The average Bonchev–Trinajstić information content (AvgIpc) is 2.73. The van der Waals surface area contributed by atoms with E-state index in [2.05, 4.69) is 27.8 Å². The van der Waals surface area contributed by atoms with Crippen LogP contribution in [0.4, 0.5) is 10.5 Å². The number of barbiturate groups is 1. The maximum Gasteiger partial charge on any atom is 0.335 e. The van der Waals surface area contributed by atoms with Gasteiger partial charge in [-0.2, -0.15) is 0 Å². The summed E-state index contributed by atoms with van der Waals surface area (Å²) in [6, 6.07) is 7.89. The standard InChI is InChI=1S/C24H23BrN2O5/c1-5-10-32-21-18(25)12-16(13-20(21)31-6-2)11-17-22(28)26-24(30)27(23(17)29)19-9-7-8-14(3)15(19)4/h5,7-9,11-13H,1,6,10H2,2-4H3,(H,26,28,30)/b17-11+. The smallest absolute Gasteiger partial charge is 0.335 e. The molecule has 1 heterocycles. The van der Waals surface area contributed by atoms with E-state index in [0.29, 0.717) is 33.8 Å². The van der Waals surface area contributed by atoms with Gasteiger partial charge >= 0.3 is 6.03 Å². The van der Waals surface area contributed by atoms with Crippen LogP contribution in [0.5, 0.6) is 11.5 Å². The number of amides is 4. The number of benzene rings is 2. The van der Waals surface area contributed by atoms with E-state index in [1.54, 1.807) is 30.3 Å². The first-order valence-electron chi connectivity index (χ1n) is 9.96. The number of hydrogen-bond donors (Lipinski definition) is 1. The van der Waals surface area contributed by atoms with Crippen molar-refractivity contribution in [1.82, 2.24) is 5.32 Å². The molecule has 8 heteroatoms. The van der Waals surface area contributed by atoms with Gasteiger partial charge in [-0.25, -0.2) is 9.69 Å². The number of nitrogens with zero attached hydrogens (tertiary/aromatic N) is 1. The largest absolute Gasteiger partial charge is 0.490 e. The lowest BCUT2D eigenvalue weighted by Crippen LogP contribution is -2.54. The number of urea groups is 1. The summed E-state index contributed by atoms with van der Waals surface area (Å²) in [5.74, 6) is -0.529. The van der Waals surface area contributed by atoms with E-state index in [9.17, 15) is 14.4 Å². The van der Waals surface area contributed by atoms with Gasteiger partial charge in [-0.3, -0.25) is 14.9 Å². The van der Waals surface area contributed by atoms with Crippen LogP contribution in [-0.2, 0) is 9.59 Å². The summed E-state index contributed by atoms with van der Waals surface area (Å²) in [6.45, 7) is 9.85. The first-order valence-corrected chi connectivity index (χ1v) is 10.8. The molecule has 3 rings (SSSR count). The zero-order valence-corrected chi connectivity index (χ0v) is 19.6. The molecule has 0 atom stereocenters. The molecule has 0 spiro atoms. The molecule has 0 aromatic heterocycles. The van der Waals surface area contributed by atoms with E-state index in [4.69, 9.17) is 9.47 Å². The second kappa shape index (κ2) is 9.82. The number of carbonyl (C=O) groups excluding carboxylic acids is 3. The first kappa shape index (κ1) is 23.3. The molecule has 1 aliphatic heterocycles. The zero-order valence-electron chi connectivity index (χ0n) is 18.0. The number of anilines is 1. The zero-order chi connectivity index (χ0) is 23.4. The maximum absolute atomic E-state index is 13.2. The average molecular weight is 499 g/mol. The minimum absolute atomic E-state index is 0.167. The Hall–Kier alpha value is -3.39. The Kier molecular flexibility index (Phi) is 7.15. The van der Waals surface area contributed by atoms with E-state index in [0.717, 1.165) is 16.0 Å². The lowest BCUT2D eigenvalue weighted by atomic mass is 10.0. The number of imide groups is 2. The molecule has 4 amide bonds. The van der Waals surface area contributed by atoms with E-state index < -0.39 is 17.8 Å². The number of carbonyl (C=O) groups is 3. The van der Waals surface area contributed by atoms with Gasteiger partial charge in [0.25, 0.3) is 11.8 Å². The van der Waals surface area contributed by atoms with Crippen LogP contribution in [0.25, 0.3) is 6.08 Å². The third-order valence-corrected chi connectivity index (χ3v) is 5.50. The number of aryl methyl sites for hydroxylation is 1. The number of rotatable bonds is 7. The fraction of sp³-hybridized carbons (Fsp3) is 0.208. The fourth-order valence-electron chi connectivity index (χ4n) is 3.24. The summed E-state index contributed by atoms with van der Waals surface area (Å²) in [5, 5.41) is 2.25. The highest BCUT2D eigenvalue weighted by molar-refractivity contribution is 9.10. The topological polar surface area (TPSA) is 84.9 Å². The van der Waals surface area contributed by atoms with Gasteiger partial charge in [0.1, 0.15) is 12.2 Å². The molecule has 2 aromatic carbocycles. The van der Waals surface area contributed by atoms with Gasteiger partial charge in [-0.15, -0.1) is 0 Å². The van der Waals surface area contributed by atoms with Crippen molar-refractivity contribution in [3.8, 4) is 11.5 Å². The summed E-state index contributed by atoms with van der Waals surface area (Å²) >= 11 is 3.45. The van der Waals surface area contributed by atoms with Crippen LogP contribution < -0.4 is 19.7 Å². The van der Waals surface area contributed by atoms with Crippen molar-refractivity contribution in [3.63, 3.8) is 0 Å². The molecule has 0 unspecified atom stereocenters. The Bertz CT molecular complexity index is 1140. The molecule has 1 aliphatic rings. The highest BCUT2D eigenvalue weighted by atomic mass is 79.9. The van der Waals surface area contributed by atoms with Crippen molar-refractivity contribution >= 4 is 45.5 Å². The van der Waals surface area contributed by atoms with Gasteiger partial charge in [-0.05, 0) is 77.7 Å². The minimum atomic E-state index is -0.782. The summed E-state index contributed by atoms with van der Waals surface area (Å²) in [7, 11) is 0. The van der Waals surface area contributed by atoms with Crippen molar-refractivity contribution in [2.75, 3.05) is 18.1 Å². The molecular formula is C24H23BrN2O5. The highest BCUT2D eigenvalue weighted by Crippen LogP contribution is 2.38. The van der Waals surface area contributed by atoms with Crippen LogP contribution in [0.1, 0.15) is 23.6 Å². The predicted molar refractivity (Wildman–Crippen MR) is 126 cm³/mol. The van der Waals surface area contributed by atoms with Gasteiger partial charge in [0, 0.05) is 0 Å². The van der Waals surface area contributed by atoms with Gasteiger partial charge in [-0.1, -0.05) is 24.8 Å².